The fraction of sp³-hybridized carbons (Fsp3) is 0.263. The molecule has 132 valence electrons. The van der Waals surface area contributed by atoms with Gasteiger partial charge in [-0.1, -0.05) is 12.1 Å². The van der Waals surface area contributed by atoms with Crippen molar-refractivity contribution in [3.63, 3.8) is 0 Å². The summed E-state index contributed by atoms with van der Waals surface area (Å²) in [5.74, 6) is 1.42. The van der Waals surface area contributed by atoms with Gasteiger partial charge in [0.15, 0.2) is 5.78 Å². The molecule has 1 N–H and O–H groups in total. The summed E-state index contributed by atoms with van der Waals surface area (Å²) in [4.78, 5) is 14.0. The Hall–Kier alpha value is -3.22. The summed E-state index contributed by atoms with van der Waals surface area (Å²) >= 11 is 0. The number of carbonyl (C=O) groups excluding carboxylic acids is 1. The maximum absolute atomic E-state index is 11.7. The first-order chi connectivity index (χ1) is 12.7. The number of nitrogens with one attached hydrogen (secondary N) is 1. The molecule has 0 amide bonds. The lowest BCUT2D eigenvalue weighted by molar-refractivity contribution is 0.101. The number of hydrogen-bond donors (Lipinski definition) is 1. The van der Waals surface area contributed by atoms with Crippen molar-refractivity contribution >= 4 is 11.5 Å². The molecule has 1 aliphatic heterocycles. The van der Waals surface area contributed by atoms with Crippen molar-refractivity contribution in [1.82, 2.24) is 20.6 Å². The second-order valence-corrected chi connectivity index (χ2v) is 6.33. The quantitative estimate of drug-likeness (QED) is 0.713. The third-order valence-corrected chi connectivity index (χ3v) is 4.73. The number of benzene rings is 2. The summed E-state index contributed by atoms with van der Waals surface area (Å²) in [6.45, 7) is 3.17. The molecule has 2 heterocycles. The normalized spacial score (nSPS) is 12.9. The van der Waals surface area contributed by atoms with Gasteiger partial charge in [-0.25, -0.2) is 0 Å². The number of ketones is 1. The highest BCUT2D eigenvalue weighted by Gasteiger charge is 2.22. The van der Waals surface area contributed by atoms with E-state index in [0.29, 0.717) is 17.9 Å². The molecular formula is C19H19N5O2. The lowest BCUT2D eigenvalue weighted by Gasteiger charge is -2.21. The van der Waals surface area contributed by atoms with Crippen LogP contribution in [0.3, 0.4) is 0 Å². The average Bonchev–Trinajstić information content (AvgIpc) is 3.31. The number of methoxy groups -OCH3 is 1. The molecule has 1 aliphatic rings. The first-order valence-electron chi connectivity index (χ1n) is 8.45. The van der Waals surface area contributed by atoms with Crippen LogP contribution in [0.1, 0.15) is 28.4 Å². The van der Waals surface area contributed by atoms with Crippen LogP contribution in [-0.2, 0) is 13.0 Å². The number of rotatable bonds is 5. The predicted octanol–water partition coefficient (Wildman–Crippen LogP) is 2.64. The van der Waals surface area contributed by atoms with Crippen LogP contribution in [0.15, 0.2) is 36.4 Å². The smallest absolute Gasteiger partial charge is 0.204 e. The van der Waals surface area contributed by atoms with Gasteiger partial charge in [-0.2, -0.15) is 5.21 Å². The van der Waals surface area contributed by atoms with Gasteiger partial charge in [-0.15, -0.1) is 10.2 Å². The van der Waals surface area contributed by atoms with Gasteiger partial charge in [-0.05, 0) is 48.4 Å². The maximum Gasteiger partial charge on any atom is 0.204 e. The van der Waals surface area contributed by atoms with Crippen LogP contribution >= 0.6 is 0 Å². The molecule has 0 aliphatic carbocycles. The minimum atomic E-state index is 0.0510. The average molecular weight is 349 g/mol. The monoisotopic (exact) mass is 349 g/mol. The Labute approximate surface area is 151 Å². The van der Waals surface area contributed by atoms with Crippen LogP contribution in [0.2, 0.25) is 0 Å². The molecule has 7 nitrogen and oxygen atoms in total. The number of carbonyl (C=O) groups is 1. The Morgan fingerprint density at radius 2 is 2.15 bits per heavy atom. The summed E-state index contributed by atoms with van der Waals surface area (Å²) in [7, 11) is 1.65. The molecule has 0 bridgehead atoms. The van der Waals surface area contributed by atoms with Crippen molar-refractivity contribution in [3.8, 4) is 17.1 Å². The largest absolute Gasteiger partial charge is 0.496 e. The van der Waals surface area contributed by atoms with Crippen LogP contribution in [-0.4, -0.2) is 40.1 Å². The van der Waals surface area contributed by atoms with Crippen LogP contribution in [0, 0.1) is 0 Å². The number of hydrogen-bond acceptors (Lipinski definition) is 6. The van der Waals surface area contributed by atoms with E-state index in [0.717, 1.165) is 35.5 Å². The number of aromatic amines is 1. The minimum absolute atomic E-state index is 0.0510. The van der Waals surface area contributed by atoms with E-state index in [4.69, 9.17) is 4.74 Å². The Balaban J connectivity index is 1.67. The Morgan fingerprint density at radius 1 is 1.27 bits per heavy atom. The maximum atomic E-state index is 11.7. The fourth-order valence-corrected chi connectivity index (χ4v) is 3.36. The molecule has 26 heavy (non-hydrogen) atoms. The molecule has 0 radical (unpaired) electrons. The highest BCUT2D eigenvalue weighted by atomic mass is 16.5. The van der Waals surface area contributed by atoms with E-state index in [9.17, 15) is 4.79 Å². The van der Waals surface area contributed by atoms with Crippen molar-refractivity contribution in [2.75, 3.05) is 18.6 Å². The summed E-state index contributed by atoms with van der Waals surface area (Å²) < 4.78 is 5.49. The molecule has 0 saturated heterocycles. The fourth-order valence-electron chi connectivity index (χ4n) is 3.36. The van der Waals surface area contributed by atoms with E-state index in [-0.39, 0.29) is 5.78 Å². The second-order valence-electron chi connectivity index (χ2n) is 6.33. The first-order valence-corrected chi connectivity index (χ1v) is 8.45. The lowest BCUT2D eigenvalue weighted by Crippen LogP contribution is -2.20. The van der Waals surface area contributed by atoms with E-state index in [1.807, 2.05) is 18.2 Å². The number of anilines is 1. The number of H-pyrrole nitrogens is 1. The molecule has 3 aromatic rings. The molecule has 0 fully saturated rings. The molecule has 0 spiro atoms. The Kier molecular flexibility index (Phi) is 4.12. The molecule has 0 atom stereocenters. The number of nitrogens with zero attached hydrogens (tertiary/aromatic N) is 4. The predicted molar refractivity (Wildman–Crippen MR) is 97.4 cm³/mol. The van der Waals surface area contributed by atoms with E-state index in [2.05, 4.69) is 37.7 Å². The second kappa shape index (κ2) is 6.59. The zero-order valence-corrected chi connectivity index (χ0v) is 14.7. The Bertz CT molecular complexity index is 953. The standard InChI is InChI=1S/C19H19N5O2/c1-12(25)14-5-6-18(26-2)16(9-14)11-24-8-7-13-3-4-15(10-17(13)24)19-20-22-23-21-19/h3-6,9-10H,7-8,11H2,1-2H3,(H,20,21,22,23). The van der Waals surface area contributed by atoms with E-state index < -0.39 is 0 Å². The van der Waals surface area contributed by atoms with Gasteiger partial charge in [0.2, 0.25) is 5.82 Å². The molecule has 0 saturated carbocycles. The zero-order chi connectivity index (χ0) is 18.1. The first kappa shape index (κ1) is 16.3. The van der Waals surface area contributed by atoms with Crippen LogP contribution in [0.4, 0.5) is 5.69 Å². The van der Waals surface area contributed by atoms with Crippen molar-refractivity contribution in [2.45, 2.75) is 19.9 Å². The molecule has 2 aromatic carbocycles. The number of tetrazole rings is 1. The summed E-state index contributed by atoms with van der Waals surface area (Å²) in [6.07, 6.45) is 0.983. The molecule has 7 heteroatoms. The third kappa shape index (κ3) is 2.92. The van der Waals surface area contributed by atoms with Gasteiger partial charge in [0, 0.05) is 35.5 Å². The van der Waals surface area contributed by atoms with Crippen LogP contribution in [0.5, 0.6) is 5.75 Å². The Morgan fingerprint density at radius 3 is 2.88 bits per heavy atom. The molecular weight excluding hydrogens is 330 g/mol. The van der Waals surface area contributed by atoms with Crippen molar-refractivity contribution in [1.29, 1.82) is 0 Å². The topological polar surface area (TPSA) is 84.0 Å². The van der Waals surface area contributed by atoms with Gasteiger partial charge < -0.3 is 9.64 Å². The third-order valence-electron chi connectivity index (χ3n) is 4.73. The van der Waals surface area contributed by atoms with Crippen molar-refractivity contribution in [2.24, 2.45) is 0 Å². The van der Waals surface area contributed by atoms with Gasteiger partial charge >= 0.3 is 0 Å². The minimum Gasteiger partial charge on any atom is -0.496 e. The van der Waals surface area contributed by atoms with Gasteiger partial charge in [0.05, 0.1) is 7.11 Å². The van der Waals surface area contributed by atoms with E-state index >= 15 is 0 Å². The molecule has 4 rings (SSSR count). The van der Waals surface area contributed by atoms with Crippen LogP contribution < -0.4 is 9.64 Å². The summed E-state index contributed by atoms with van der Waals surface area (Å²) in [5.41, 5.74) is 5.06. The number of ether oxygens (including phenoxy) is 1. The number of fused-ring (bicyclic) bond motifs is 1. The SMILES string of the molecule is COc1ccc(C(C)=O)cc1CN1CCc2ccc(-c3nn[nH]n3)cc21. The van der Waals surface area contributed by atoms with Gasteiger partial charge in [-0.3, -0.25) is 4.79 Å². The lowest BCUT2D eigenvalue weighted by atomic mass is 10.1. The zero-order valence-electron chi connectivity index (χ0n) is 14.7. The van der Waals surface area contributed by atoms with E-state index in [1.165, 1.54) is 5.56 Å². The van der Waals surface area contributed by atoms with E-state index in [1.54, 1.807) is 20.1 Å². The highest BCUT2D eigenvalue weighted by Crippen LogP contribution is 2.34. The van der Waals surface area contributed by atoms with Gasteiger partial charge in [0.25, 0.3) is 0 Å². The van der Waals surface area contributed by atoms with Crippen molar-refractivity contribution < 1.29 is 9.53 Å². The van der Waals surface area contributed by atoms with Crippen LogP contribution in [0.25, 0.3) is 11.4 Å². The summed E-state index contributed by atoms with van der Waals surface area (Å²) in [5, 5.41) is 14.2. The van der Waals surface area contributed by atoms with Gasteiger partial charge in [0.1, 0.15) is 5.75 Å². The number of aromatic nitrogens is 4. The molecule has 0 unspecified atom stereocenters. The number of Topliss-reactive ketones (excluding diaryl/α,β-unsaturated/α-hetero) is 1. The molecule has 1 aromatic heterocycles. The highest BCUT2D eigenvalue weighted by molar-refractivity contribution is 5.94. The summed E-state index contributed by atoms with van der Waals surface area (Å²) in [6, 6.07) is 11.8. The van der Waals surface area contributed by atoms with Crippen molar-refractivity contribution in [3.05, 3.63) is 53.1 Å².